The Morgan fingerprint density at radius 1 is 0.455 bits per heavy atom. The van der Waals surface area contributed by atoms with Crippen molar-refractivity contribution in [3.8, 4) is 0 Å². The molecule has 452 valence electrons. The number of unbranched alkanes of at least 4 members (excludes halogenated alkanes) is 36. The number of carbonyl (C=O) groups is 1. The van der Waals surface area contributed by atoms with Crippen molar-refractivity contribution in [2.45, 2.75) is 351 Å². The first-order valence-corrected chi connectivity index (χ1v) is 32.5. The summed E-state index contributed by atoms with van der Waals surface area (Å²) < 4.78 is 11.2. The molecule has 0 aliphatic carbocycles. The minimum atomic E-state index is -1.68. The zero-order valence-electron chi connectivity index (χ0n) is 49.7. The number of ether oxygens (including phenoxy) is 2. The fourth-order valence-corrected chi connectivity index (χ4v) is 10.3. The van der Waals surface area contributed by atoms with Crippen molar-refractivity contribution in [2.24, 2.45) is 0 Å². The molecule has 1 heterocycles. The predicted octanol–water partition coefficient (Wildman–Crippen LogP) is 14.8. The lowest BCUT2D eigenvalue weighted by Crippen LogP contribution is -2.60. The fourth-order valence-electron chi connectivity index (χ4n) is 10.3. The number of carbonyl (C=O) groups excluding carboxylic acids is 1. The normalized spacial score (nSPS) is 19.8. The highest BCUT2D eigenvalue weighted by Crippen LogP contribution is 2.23. The van der Waals surface area contributed by atoms with Gasteiger partial charge < -0.3 is 50.5 Å². The second-order valence-corrected chi connectivity index (χ2v) is 22.8. The van der Waals surface area contributed by atoms with E-state index in [1.54, 1.807) is 0 Å². The minimum absolute atomic E-state index is 0.238. The highest BCUT2D eigenvalue weighted by molar-refractivity contribution is 5.80. The number of allylic oxidation sites excluding steroid dienone is 8. The van der Waals surface area contributed by atoms with E-state index in [4.69, 9.17) is 9.47 Å². The number of rotatable bonds is 56. The number of nitrogens with one attached hydrogen (secondary N) is 1. The van der Waals surface area contributed by atoms with Crippen LogP contribution in [0, 0.1) is 0 Å². The Morgan fingerprint density at radius 2 is 0.818 bits per heavy atom. The van der Waals surface area contributed by atoms with E-state index in [0.29, 0.717) is 19.3 Å². The molecule has 0 aromatic rings. The first-order chi connectivity index (χ1) is 37.7. The van der Waals surface area contributed by atoms with Crippen LogP contribution in [0.4, 0.5) is 0 Å². The van der Waals surface area contributed by atoms with Gasteiger partial charge in [0.1, 0.15) is 36.6 Å². The van der Waals surface area contributed by atoms with Crippen LogP contribution in [0.5, 0.6) is 0 Å². The lowest BCUT2D eigenvalue weighted by Gasteiger charge is -2.40. The molecule has 1 aliphatic heterocycles. The van der Waals surface area contributed by atoms with E-state index < -0.39 is 74.2 Å². The van der Waals surface area contributed by atoms with Gasteiger partial charge in [-0.25, -0.2) is 0 Å². The van der Waals surface area contributed by atoms with Gasteiger partial charge in [-0.05, 0) is 83.5 Å². The molecule has 0 aromatic heterocycles. The Morgan fingerprint density at radius 3 is 1.23 bits per heavy atom. The molecule has 0 radical (unpaired) electrons. The van der Waals surface area contributed by atoms with E-state index in [1.165, 1.54) is 186 Å². The largest absolute Gasteiger partial charge is 0.394 e. The van der Waals surface area contributed by atoms with Crippen LogP contribution in [-0.2, 0) is 14.3 Å². The number of aliphatic hydroxyl groups excluding tert-OH is 7. The summed E-state index contributed by atoms with van der Waals surface area (Å²) in [5.74, 6) is -0.716. The van der Waals surface area contributed by atoms with Gasteiger partial charge in [-0.2, -0.15) is 0 Å². The molecule has 1 saturated heterocycles. The zero-order chi connectivity index (χ0) is 56.1. The molecule has 1 rings (SSSR count). The molecule has 77 heavy (non-hydrogen) atoms. The molecule has 0 spiro atoms. The summed E-state index contributed by atoms with van der Waals surface area (Å²) in [5, 5.41) is 76.3. The molecule has 0 aromatic carbocycles. The van der Waals surface area contributed by atoms with Gasteiger partial charge in [-0.15, -0.1) is 0 Å². The fraction of sp³-hybridized carbons (Fsp3) is 0.864. The summed E-state index contributed by atoms with van der Waals surface area (Å²) in [5.41, 5.74) is 0. The van der Waals surface area contributed by atoms with Crippen LogP contribution < -0.4 is 5.32 Å². The molecule has 11 heteroatoms. The molecule has 9 atom stereocenters. The maximum absolute atomic E-state index is 13.2. The number of hydrogen-bond acceptors (Lipinski definition) is 10. The third kappa shape index (κ3) is 42.6. The van der Waals surface area contributed by atoms with E-state index in [-0.39, 0.29) is 12.8 Å². The van der Waals surface area contributed by atoms with Crippen molar-refractivity contribution in [3.63, 3.8) is 0 Å². The second kappa shape index (κ2) is 54.6. The van der Waals surface area contributed by atoms with Crippen LogP contribution in [0.1, 0.15) is 296 Å². The van der Waals surface area contributed by atoms with Gasteiger partial charge in [-0.3, -0.25) is 4.79 Å². The predicted molar refractivity (Wildman–Crippen MR) is 321 cm³/mol. The molecule has 11 nitrogen and oxygen atoms in total. The molecular weight excluding hydrogens is 967 g/mol. The van der Waals surface area contributed by atoms with Crippen LogP contribution in [0.25, 0.3) is 0 Å². The molecule has 9 unspecified atom stereocenters. The average Bonchev–Trinajstić information content (AvgIpc) is 3.43. The van der Waals surface area contributed by atoms with Crippen molar-refractivity contribution in [2.75, 3.05) is 13.2 Å². The second-order valence-electron chi connectivity index (χ2n) is 22.8. The third-order valence-corrected chi connectivity index (χ3v) is 15.6. The SMILES string of the molecule is CCCCCCCCCCC/C=C\C/C=C\CCCCCCCCC(O)C(=O)NC(COC1OC(CO)C(O)C(O)C1O)C(O)C(O)CCC/C=C/CC/C=C/CCCCCCCCCCCCCCCCCCCCC. The molecule has 0 bridgehead atoms. The van der Waals surface area contributed by atoms with Crippen LogP contribution in [0.15, 0.2) is 48.6 Å². The topological polar surface area (TPSA) is 189 Å². The van der Waals surface area contributed by atoms with Gasteiger partial charge in [0, 0.05) is 0 Å². The van der Waals surface area contributed by atoms with E-state index in [1.807, 2.05) is 0 Å². The first-order valence-electron chi connectivity index (χ1n) is 32.5. The number of hydrogen-bond donors (Lipinski definition) is 8. The van der Waals surface area contributed by atoms with Gasteiger partial charge in [0.05, 0.1) is 25.4 Å². The van der Waals surface area contributed by atoms with Gasteiger partial charge in [0.15, 0.2) is 6.29 Å². The van der Waals surface area contributed by atoms with E-state index >= 15 is 0 Å². The Bertz CT molecular complexity index is 1390. The zero-order valence-corrected chi connectivity index (χ0v) is 49.7. The quantitative estimate of drug-likeness (QED) is 0.0215. The summed E-state index contributed by atoms with van der Waals surface area (Å²) in [6, 6.07) is -1.20. The monoisotopic (exact) mass is 1090 g/mol. The van der Waals surface area contributed by atoms with Crippen LogP contribution in [-0.4, -0.2) is 110 Å². The molecule has 1 fully saturated rings. The first kappa shape index (κ1) is 73.1. The summed E-state index contributed by atoms with van der Waals surface area (Å²) in [6.07, 6.45) is 59.0. The number of aliphatic hydroxyl groups is 7. The average molecular weight is 1090 g/mol. The van der Waals surface area contributed by atoms with Gasteiger partial charge in [0.2, 0.25) is 5.91 Å². The molecule has 0 saturated carbocycles. The van der Waals surface area contributed by atoms with E-state index in [2.05, 4.69) is 67.8 Å². The molecule has 8 N–H and O–H groups in total. The Balaban J connectivity index is 2.29. The smallest absolute Gasteiger partial charge is 0.249 e. The van der Waals surface area contributed by atoms with Gasteiger partial charge in [-0.1, -0.05) is 262 Å². The van der Waals surface area contributed by atoms with Crippen LogP contribution in [0.2, 0.25) is 0 Å². The summed E-state index contributed by atoms with van der Waals surface area (Å²) >= 11 is 0. The Labute approximate surface area is 472 Å². The van der Waals surface area contributed by atoms with Gasteiger partial charge in [0.25, 0.3) is 0 Å². The van der Waals surface area contributed by atoms with Crippen molar-refractivity contribution in [3.05, 3.63) is 48.6 Å². The van der Waals surface area contributed by atoms with Crippen molar-refractivity contribution < 1.29 is 50.0 Å². The maximum Gasteiger partial charge on any atom is 0.249 e. The minimum Gasteiger partial charge on any atom is -0.394 e. The maximum atomic E-state index is 13.2. The standard InChI is InChI=1S/C66H123NO10/c1-3-5-7-9-11-13-15-17-19-21-23-25-27-28-29-30-31-32-34-35-37-39-41-43-45-47-49-51-53-58(69)61(71)57(56-76-66-64(74)63(73)62(72)60(55-68)77-66)67-65(75)59(70)54-52-50-48-46-44-42-40-38-36-33-26-24-22-20-18-16-14-12-10-8-6-4-2/h24,26,36-39,45,47,57-64,66,68-74H,3-23,25,27-35,40-44,46,48-56H2,1-2H3,(H,67,75)/b26-24-,38-36-,39-37+,47-45+. The Hall–Kier alpha value is -1.93. The third-order valence-electron chi connectivity index (χ3n) is 15.6. The number of amides is 1. The van der Waals surface area contributed by atoms with E-state index in [0.717, 1.165) is 64.2 Å². The molecule has 1 aliphatic rings. The van der Waals surface area contributed by atoms with Crippen LogP contribution in [0.3, 0.4) is 0 Å². The van der Waals surface area contributed by atoms with Crippen molar-refractivity contribution in [1.82, 2.24) is 5.32 Å². The molecular formula is C66H123NO10. The molecule has 1 amide bonds. The summed E-state index contributed by atoms with van der Waals surface area (Å²) in [6.45, 7) is 3.47. The van der Waals surface area contributed by atoms with E-state index in [9.17, 15) is 40.5 Å². The summed E-state index contributed by atoms with van der Waals surface area (Å²) in [4.78, 5) is 13.2. The lowest BCUT2D eigenvalue weighted by molar-refractivity contribution is -0.303. The van der Waals surface area contributed by atoms with Gasteiger partial charge >= 0.3 is 0 Å². The van der Waals surface area contributed by atoms with Crippen molar-refractivity contribution >= 4 is 5.91 Å². The van der Waals surface area contributed by atoms with Crippen molar-refractivity contribution in [1.29, 1.82) is 0 Å². The summed E-state index contributed by atoms with van der Waals surface area (Å²) in [7, 11) is 0. The highest BCUT2D eigenvalue weighted by Gasteiger charge is 2.44. The Kier molecular flexibility index (Phi) is 51.9. The lowest BCUT2D eigenvalue weighted by atomic mass is 9.98. The van der Waals surface area contributed by atoms with Crippen LogP contribution >= 0.6 is 0 Å². The highest BCUT2D eigenvalue weighted by atomic mass is 16.7.